The highest BCUT2D eigenvalue weighted by Gasteiger charge is 2.13. The summed E-state index contributed by atoms with van der Waals surface area (Å²) in [5, 5.41) is 11.6. The van der Waals surface area contributed by atoms with Crippen molar-refractivity contribution in [1.82, 2.24) is 5.32 Å². The van der Waals surface area contributed by atoms with Crippen LogP contribution in [-0.4, -0.2) is 12.5 Å². The van der Waals surface area contributed by atoms with Gasteiger partial charge in [-0.3, -0.25) is 4.79 Å². The fourth-order valence-electron chi connectivity index (χ4n) is 1.65. The van der Waals surface area contributed by atoms with Gasteiger partial charge in [0.15, 0.2) is 0 Å². The lowest BCUT2D eigenvalue weighted by atomic mass is 9.86. The van der Waals surface area contributed by atoms with Crippen LogP contribution in [0.5, 0.6) is 0 Å². The number of amides is 1. The van der Waals surface area contributed by atoms with Gasteiger partial charge < -0.3 is 5.32 Å². The minimum atomic E-state index is -0.382. The number of rotatable bonds is 4. The third-order valence-electron chi connectivity index (χ3n) is 2.86. The van der Waals surface area contributed by atoms with Crippen molar-refractivity contribution >= 4 is 12.0 Å². The van der Waals surface area contributed by atoms with E-state index in [1.54, 1.807) is 12.2 Å². The Balaban J connectivity index is 2.94. The first-order valence-electron chi connectivity index (χ1n) is 6.50. The van der Waals surface area contributed by atoms with E-state index in [-0.39, 0.29) is 16.9 Å². The molecular weight excluding hydrogens is 248 g/mol. The van der Waals surface area contributed by atoms with Gasteiger partial charge in [-0.25, -0.2) is 0 Å². The summed E-state index contributed by atoms with van der Waals surface area (Å²) >= 11 is 0. The zero-order valence-corrected chi connectivity index (χ0v) is 12.2. The van der Waals surface area contributed by atoms with Crippen molar-refractivity contribution in [3.05, 3.63) is 53.6 Å². The molecule has 3 nitrogen and oxygen atoms in total. The van der Waals surface area contributed by atoms with Gasteiger partial charge in [0.1, 0.15) is 11.6 Å². The van der Waals surface area contributed by atoms with E-state index in [9.17, 15) is 4.79 Å². The molecule has 0 unspecified atom stereocenters. The van der Waals surface area contributed by atoms with Crippen molar-refractivity contribution < 1.29 is 4.79 Å². The van der Waals surface area contributed by atoms with E-state index in [4.69, 9.17) is 5.26 Å². The van der Waals surface area contributed by atoms with Crippen molar-refractivity contribution in [3.8, 4) is 6.07 Å². The number of nitrogens with one attached hydrogen (secondary N) is 1. The van der Waals surface area contributed by atoms with Crippen LogP contribution >= 0.6 is 0 Å². The molecule has 20 heavy (non-hydrogen) atoms. The predicted molar refractivity (Wildman–Crippen MR) is 81.9 cm³/mol. The minimum absolute atomic E-state index is 0.0850. The van der Waals surface area contributed by atoms with Crippen LogP contribution in [-0.2, 0) is 10.2 Å². The van der Waals surface area contributed by atoms with Gasteiger partial charge in [-0.2, -0.15) is 5.26 Å². The molecule has 0 aliphatic heterocycles. The molecule has 0 spiro atoms. The fraction of sp³-hybridized carbons (Fsp3) is 0.294. The average Bonchev–Trinajstić information content (AvgIpc) is 2.41. The standard InChI is InChI=1S/C17H20N2O/c1-5-10-19-16(20)14(12-18)11-13-6-8-15(9-7-13)17(2,3)4/h5-9,11H,1,10H2,2-4H3,(H,19,20)/b14-11+. The van der Waals surface area contributed by atoms with Crippen LogP contribution in [0, 0.1) is 11.3 Å². The van der Waals surface area contributed by atoms with Crippen molar-refractivity contribution in [1.29, 1.82) is 5.26 Å². The minimum Gasteiger partial charge on any atom is -0.348 e. The number of carbonyl (C=O) groups is 1. The Morgan fingerprint density at radius 3 is 2.40 bits per heavy atom. The molecule has 1 aromatic carbocycles. The fourth-order valence-corrected chi connectivity index (χ4v) is 1.65. The Labute approximate surface area is 120 Å². The van der Waals surface area contributed by atoms with Gasteiger partial charge >= 0.3 is 0 Å². The van der Waals surface area contributed by atoms with Crippen molar-refractivity contribution in [3.63, 3.8) is 0 Å². The second-order valence-electron chi connectivity index (χ2n) is 5.54. The van der Waals surface area contributed by atoms with Gasteiger partial charge in [0.05, 0.1) is 0 Å². The van der Waals surface area contributed by atoms with Crippen LogP contribution in [0.15, 0.2) is 42.5 Å². The van der Waals surface area contributed by atoms with Crippen LogP contribution in [0.1, 0.15) is 31.9 Å². The van der Waals surface area contributed by atoms with Gasteiger partial charge in [0, 0.05) is 6.54 Å². The first-order chi connectivity index (χ1) is 9.38. The summed E-state index contributed by atoms with van der Waals surface area (Å²) < 4.78 is 0. The molecule has 1 amide bonds. The zero-order chi connectivity index (χ0) is 15.2. The van der Waals surface area contributed by atoms with Gasteiger partial charge in [-0.05, 0) is 22.6 Å². The molecule has 3 heteroatoms. The largest absolute Gasteiger partial charge is 0.348 e. The van der Waals surface area contributed by atoms with E-state index in [1.165, 1.54) is 5.56 Å². The molecule has 1 rings (SSSR count). The lowest BCUT2D eigenvalue weighted by Gasteiger charge is -2.18. The molecule has 0 saturated heterocycles. The Hall–Kier alpha value is -2.34. The molecule has 0 bridgehead atoms. The average molecular weight is 268 g/mol. The molecular formula is C17H20N2O. The van der Waals surface area contributed by atoms with Crippen molar-refractivity contribution in [2.24, 2.45) is 0 Å². The quantitative estimate of drug-likeness (QED) is 0.518. The third kappa shape index (κ3) is 4.40. The summed E-state index contributed by atoms with van der Waals surface area (Å²) in [6.45, 7) is 10.3. The van der Waals surface area contributed by atoms with Crippen LogP contribution in [0.2, 0.25) is 0 Å². The summed E-state index contributed by atoms with van der Waals surface area (Å²) in [6.07, 6.45) is 3.16. The van der Waals surface area contributed by atoms with Gasteiger partial charge in [0.25, 0.3) is 5.91 Å². The van der Waals surface area contributed by atoms with Crippen LogP contribution in [0.4, 0.5) is 0 Å². The van der Waals surface area contributed by atoms with Gasteiger partial charge in [-0.15, -0.1) is 6.58 Å². The lowest BCUT2D eigenvalue weighted by Crippen LogP contribution is -2.24. The summed E-state index contributed by atoms with van der Waals surface area (Å²) in [6, 6.07) is 9.78. The first kappa shape index (κ1) is 15.7. The molecule has 0 saturated carbocycles. The molecule has 1 aromatic rings. The highest BCUT2D eigenvalue weighted by Crippen LogP contribution is 2.22. The van der Waals surface area contributed by atoms with Crippen LogP contribution in [0.3, 0.4) is 0 Å². The highest BCUT2D eigenvalue weighted by atomic mass is 16.1. The van der Waals surface area contributed by atoms with Crippen molar-refractivity contribution in [2.75, 3.05) is 6.54 Å². The van der Waals surface area contributed by atoms with E-state index in [0.717, 1.165) is 5.56 Å². The number of hydrogen-bond donors (Lipinski definition) is 1. The highest BCUT2D eigenvalue weighted by molar-refractivity contribution is 6.01. The molecule has 0 aromatic heterocycles. The van der Waals surface area contributed by atoms with Crippen LogP contribution in [0.25, 0.3) is 6.08 Å². The molecule has 0 heterocycles. The predicted octanol–water partition coefficient (Wildman–Crippen LogP) is 3.19. The molecule has 0 aliphatic carbocycles. The Morgan fingerprint density at radius 1 is 1.35 bits per heavy atom. The maximum absolute atomic E-state index is 11.7. The maximum atomic E-state index is 11.7. The second kappa shape index (κ2) is 6.72. The molecule has 0 atom stereocenters. The monoisotopic (exact) mass is 268 g/mol. The first-order valence-corrected chi connectivity index (χ1v) is 6.50. The van der Waals surface area contributed by atoms with Crippen LogP contribution < -0.4 is 5.32 Å². The third-order valence-corrected chi connectivity index (χ3v) is 2.86. The number of nitrogens with zero attached hydrogens (tertiary/aromatic N) is 1. The Bertz CT molecular complexity index is 554. The van der Waals surface area contributed by atoms with Crippen molar-refractivity contribution in [2.45, 2.75) is 26.2 Å². The Morgan fingerprint density at radius 2 is 1.95 bits per heavy atom. The Kier molecular flexibility index (Phi) is 5.28. The number of hydrogen-bond acceptors (Lipinski definition) is 2. The summed E-state index contributed by atoms with van der Waals surface area (Å²) in [5.41, 5.74) is 2.23. The zero-order valence-electron chi connectivity index (χ0n) is 12.2. The maximum Gasteiger partial charge on any atom is 0.262 e. The number of nitriles is 1. The van der Waals surface area contributed by atoms with E-state index in [2.05, 4.69) is 32.7 Å². The summed E-state index contributed by atoms with van der Waals surface area (Å²) in [4.78, 5) is 11.7. The SMILES string of the molecule is C=CCNC(=O)/C(C#N)=C/c1ccc(C(C)(C)C)cc1. The topological polar surface area (TPSA) is 52.9 Å². The van der Waals surface area contributed by atoms with E-state index < -0.39 is 0 Å². The smallest absolute Gasteiger partial charge is 0.262 e. The summed E-state index contributed by atoms with van der Waals surface area (Å²) in [7, 11) is 0. The summed E-state index contributed by atoms with van der Waals surface area (Å²) in [5.74, 6) is -0.382. The van der Waals surface area contributed by atoms with E-state index in [1.807, 2.05) is 30.3 Å². The normalized spacial score (nSPS) is 11.6. The second-order valence-corrected chi connectivity index (χ2v) is 5.54. The number of carbonyl (C=O) groups excluding carboxylic acids is 1. The van der Waals surface area contributed by atoms with E-state index in [0.29, 0.717) is 6.54 Å². The molecule has 0 radical (unpaired) electrons. The molecule has 1 N–H and O–H groups in total. The number of benzene rings is 1. The lowest BCUT2D eigenvalue weighted by molar-refractivity contribution is -0.116. The van der Waals surface area contributed by atoms with Gasteiger partial charge in [-0.1, -0.05) is 51.1 Å². The van der Waals surface area contributed by atoms with E-state index >= 15 is 0 Å². The molecule has 104 valence electrons. The molecule has 0 aliphatic rings. The van der Waals surface area contributed by atoms with Gasteiger partial charge in [0.2, 0.25) is 0 Å². The molecule has 0 fully saturated rings.